The predicted octanol–water partition coefficient (Wildman–Crippen LogP) is 0.411. The molecule has 0 aromatic carbocycles. The average Bonchev–Trinajstić information content (AvgIpc) is 2.28. The molecule has 1 saturated heterocycles. The van der Waals surface area contributed by atoms with Crippen molar-refractivity contribution in [1.82, 2.24) is 0 Å². The lowest BCUT2D eigenvalue weighted by atomic mass is 10.1. The molecular formula is C12H24O5. The Balaban J connectivity index is 2.39. The van der Waals surface area contributed by atoms with Crippen LogP contribution < -0.4 is 0 Å². The van der Waals surface area contributed by atoms with E-state index in [1.807, 2.05) is 6.92 Å². The molecule has 5 heteroatoms. The molecule has 3 N–H and O–H groups in total. The summed E-state index contributed by atoms with van der Waals surface area (Å²) in [6.45, 7) is 3.57. The smallest absolute Gasteiger partial charge is 0.158 e. The van der Waals surface area contributed by atoms with Gasteiger partial charge in [-0.2, -0.15) is 0 Å². The van der Waals surface area contributed by atoms with E-state index in [0.29, 0.717) is 25.7 Å². The van der Waals surface area contributed by atoms with Gasteiger partial charge in [0.15, 0.2) is 6.29 Å². The second-order valence-corrected chi connectivity index (χ2v) is 4.70. The van der Waals surface area contributed by atoms with E-state index in [0.717, 1.165) is 0 Å². The molecule has 1 fully saturated rings. The first-order valence-electron chi connectivity index (χ1n) is 6.32. The molecule has 1 aliphatic heterocycles. The van der Waals surface area contributed by atoms with Crippen LogP contribution in [0.25, 0.3) is 0 Å². The minimum atomic E-state index is -0.590. The molecule has 0 radical (unpaired) electrons. The Morgan fingerprint density at radius 2 is 2.12 bits per heavy atom. The van der Waals surface area contributed by atoms with Gasteiger partial charge in [-0.25, -0.2) is 0 Å². The Kier molecular flexibility index (Phi) is 6.37. The van der Waals surface area contributed by atoms with Crippen LogP contribution in [0.5, 0.6) is 0 Å². The van der Waals surface area contributed by atoms with E-state index in [4.69, 9.17) is 14.6 Å². The van der Waals surface area contributed by atoms with E-state index in [2.05, 4.69) is 0 Å². The van der Waals surface area contributed by atoms with Crippen LogP contribution in [-0.4, -0.2) is 52.6 Å². The highest BCUT2D eigenvalue weighted by molar-refractivity contribution is 4.73. The van der Waals surface area contributed by atoms with Crippen molar-refractivity contribution in [3.63, 3.8) is 0 Å². The van der Waals surface area contributed by atoms with Crippen LogP contribution in [0.2, 0.25) is 0 Å². The molecule has 1 rings (SSSR count). The summed E-state index contributed by atoms with van der Waals surface area (Å²) in [5.74, 6) is 0. The Bertz CT molecular complexity index is 209. The van der Waals surface area contributed by atoms with E-state index < -0.39 is 12.2 Å². The van der Waals surface area contributed by atoms with Gasteiger partial charge in [0.1, 0.15) is 0 Å². The molecule has 0 saturated carbocycles. The van der Waals surface area contributed by atoms with Crippen molar-refractivity contribution in [2.24, 2.45) is 0 Å². The molecule has 0 amide bonds. The zero-order valence-corrected chi connectivity index (χ0v) is 10.6. The van der Waals surface area contributed by atoms with Gasteiger partial charge in [0.25, 0.3) is 0 Å². The summed E-state index contributed by atoms with van der Waals surface area (Å²) in [6.07, 6.45) is 0.532. The fourth-order valence-corrected chi connectivity index (χ4v) is 1.95. The zero-order chi connectivity index (χ0) is 12.8. The standard InChI is InChI=1S/C12H24O5/c1-8(14)11(4-3-7-13)17-12-6-5-10(15)9(2)16-12/h8-15H,3-7H2,1-2H3/t8-,9-,10-,11-,12-/m0/s1. The van der Waals surface area contributed by atoms with Crippen molar-refractivity contribution < 1.29 is 24.8 Å². The first-order valence-corrected chi connectivity index (χ1v) is 6.32. The van der Waals surface area contributed by atoms with E-state index in [1.54, 1.807) is 6.92 Å². The largest absolute Gasteiger partial charge is 0.396 e. The minimum absolute atomic E-state index is 0.0905. The lowest BCUT2D eigenvalue weighted by Crippen LogP contribution is -2.41. The van der Waals surface area contributed by atoms with Gasteiger partial charge in [-0.05, 0) is 33.1 Å². The normalized spacial score (nSPS) is 33.4. The molecule has 1 aliphatic rings. The fourth-order valence-electron chi connectivity index (χ4n) is 1.95. The van der Waals surface area contributed by atoms with Crippen LogP contribution in [0.3, 0.4) is 0 Å². The number of aliphatic hydroxyl groups is 3. The predicted molar refractivity (Wildman–Crippen MR) is 62.4 cm³/mol. The van der Waals surface area contributed by atoms with Crippen LogP contribution in [0.1, 0.15) is 39.5 Å². The van der Waals surface area contributed by atoms with Crippen LogP contribution in [0.4, 0.5) is 0 Å². The molecule has 5 atom stereocenters. The third-order valence-corrected chi connectivity index (χ3v) is 3.12. The maximum atomic E-state index is 9.58. The molecule has 0 unspecified atom stereocenters. The van der Waals surface area contributed by atoms with Crippen molar-refractivity contribution in [3.8, 4) is 0 Å². The number of hydrogen-bond donors (Lipinski definition) is 3. The van der Waals surface area contributed by atoms with Crippen molar-refractivity contribution in [1.29, 1.82) is 0 Å². The lowest BCUT2D eigenvalue weighted by molar-refractivity contribution is -0.246. The monoisotopic (exact) mass is 248 g/mol. The summed E-state index contributed by atoms with van der Waals surface area (Å²) in [6, 6.07) is 0. The Labute approximate surface area is 102 Å². The van der Waals surface area contributed by atoms with Gasteiger partial charge in [-0.15, -0.1) is 0 Å². The lowest BCUT2D eigenvalue weighted by Gasteiger charge is -2.34. The van der Waals surface area contributed by atoms with Gasteiger partial charge in [0.05, 0.1) is 24.4 Å². The fraction of sp³-hybridized carbons (Fsp3) is 1.00. The second-order valence-electron chi connectivity index (χ2n) is 4.70. The molecule has 5 nitrogen and oxygen atoms in total. The highest BCUT2D eigenvalue weighted by Crippen LogP contribution is 2.23. The molecule has 0 aromatic rings. The summed E-state index contributed by atoms with van der Waals surface area (Å²) < 4.78 is 11.2. The second kappa shape index (κ2) is 7.28. The Hall–Kier alpha value is -0.200. The first kappa shape index (κ1) is 14.9. The average molecular weight is 248 g/mol. The summed E-state index contributed by atoms with van der Waals surface area (Å²) in [5, 5.41) is 27.9. The van der Waals surface area contributed by atoms with Crippen molar-refractivity contribution in [2.45, 2.75) is 70.2 Å². The third kappa shape index (κ3) is 4.89. The minimum Gasteiger partial charge on any atom is -0.396 e. The first-order chi connectivity index (χ1) is 8.04. The number of aliphatic hydroxyl groups excluding tert-OH is 3. The Morgan fingerprint density at radius 1 is 1.41 bits per heavy atom. The van der Waals surface area contributed by atoms with Crippen LogP contribution in [-0.2, 0) is 9.47 Å². The highest BCUT2D eigenvalue weighted by Gasteiger charge is 2.29. The molecule has 1 heterocycles. The highest BCUT2D eigenvalue weighted by atomic mass is 16.7. The number of rotatable bonds is 6. The summed E-state index contributed by atoms with van der Waals surface area (Å²) >= 11 is 0. The zero-order valence-electron chi connectivity index (χ0n) is 10.6. The summed E-state index contributed by atoms with van der Waals surface area (Å²) in [5.41, 5.74) is 0. The molecule has 102 valence electrons. The molecule has 0 aliphatic carbocycles. The third-order valence-electron chi connectivity index (χ3n) is 3.12. The summed E-state index contributed by atoms with van der Waals surface area (Å²) in [7, 11) is 0. The molecule has 0 aromatic heterocycles. The van der Waals surface area contributed by atoms with E-state index in [9.17, 15) is 10.2 Å². The van der Waals surface area contributed by atoms with Crippen LogP contribution >= 0.6 is 0 Å². The van der Waals surface area contributed by atoms with Gasteiger partial charge < -0.3 is 24.8 Å². The van der Waals surface area contributed by atoms with Crippen molar-refractivity contribution in [2.75, 3.05) is 6.61 Å². The van der Waals surface area contributed by atoms with E-state index >= 15 is 0 Å². The molecule has 0 spiro atoms. The van der Waals surface area contributed by atoms with Gasteiger partial charge in [0, 0.05) is 13.0 Å². The maximum absolute atomic E-state index is 9.58. The quantitative estimate of drug-likeness (QED) is 0.634. The van der Waals surface area contributed by atoms with E-state index in [1.165, 1.54) is 0 Å². The van der Waals surface area contributed by atoms with Crippen LogP contribution in [0.15, 0.2) is 0 Å². The number of ether oxygens (including phenoxy) is 2. The van der Waals surface area contributed by atoms with Gasteiger partial charge in [0.2, 0.25) is 0 Å². The van der Waals surface area contributed by atoms with Gasteiger partial charge >= 0.3 is 0 Å². The SMILES string of the molecule is C[C@H](O)[C@H](CCCO)O[C@H]1CC[C@H](O)[C@H](C)O1. The summed E-state index contributed by atoms with van der Waals surface area (Å²) in [4.78, 5) is 0. The molecule has 0 bridgehead atoms. The maximum Gasteiger partial charge on any atom is 0.158 e. The Morgan fingerprint density at radius 3 is 2.65 bits per heavy atom. The molecule has 17 heavy (non-hydrogen) atoms. The van der Waals surface area contributed by atoms with E-state index in [-0.39, 0.29) is 25.1 Å². The molecular weight excluding hydrogens is 224 g/mol. The number of hydrogen-bond acceptors (Lipinski definition) is 5. The van der Waals surface area contributed by atoms with Gasteiger partial charge in [-0.1, -0.05) is 0 Å². The van der Waals surface area contributed by atoms with Crippen molar-refractivity contribution >= 4 is 0 Å². The van der Waals surface area contributed by atoms with Crippen molar-refractivity contribution in [3.05, 3.63) is 0 Å². The van der Waals surface area contributed by atoms with Crippen LogP contribution in [0, 0.1) is 0 Å². The topological polar surface area (TPSA) is 79.2 Å². The van der Waals surface area contributed by atoms with Gasteiger partial charge in [-0.3, -0.25) is 0 Å².